The lowest BCUT2D eigenvalue weighted by molar-refractivity contribution is -0.139. The third-order valence-corrected chi connectivity index (χ3v) is 8.04. The van der Waals surface area contributed by atoms with E-state index in [4.69, 9.17) is 16.3 Å². The van der Waals surface area contributed by atoms with Crippen LogP contribution in [0.4, 0.5) is 5.69 Å². The normalized spacial score (nSPS) is 15.1. The highest BCUT2D eigenvalue weighted by Gasteiger charge is 2.32. The molecule has 1 atom stereocenters. The van der Waals surface area contributed by atoms with Gasteiger partial charge < -0.3 is 15.0 Å². The minimum Gasteiger partial charge on any atom is -0.495 e. The predicted octanol–water partition coefficient (Wildman–Crippen LogP) is 4.29. The van der Waals surface area contributed by atoms with E-state index in [0.29, 0.717) is 5.02 Å². The van der Waals surface area contributed by atoms with E-state index >= 15 is 0 Å². The lowest BCUT2D eigenvalue weighted by Gasteiger charge is -2.33. The molecule has 1 saturated carbocycles. The Labute approximate surface area is 225 Å². The molecular weight excluding hydrogens is 514 g/mol. The summed E-state index contributed by atoms with van der Waals surface area (Å²) in [7, 11) is -2.48. The number of ether oxygens (including phenoxy) is 1. The van der Waals surface area contributed by atoms with Gasteiger partial charge in [0, 0.05) is 17.6 Å². The van der Waals surface area contributed by atoms with Crippen molar-refractivity contribution in [3.05, 3.63) is 58.6 Å². The molecule has 1 fully saturated rings. The highest BCUT2D eigenvalue weighted by Crippen LogP contribution is 2.33. The van der Waals surface area contributed by atoms with Crippen molar-refractivity contribution in [3.8, 4) is 5.75 Å². The Kier molecular flexibility index (Phi) is 9.84. The average Bonchev–Trinajstić information content (AvgIpc) is 2.86. The fourth-order valence-corrected chi connectivity index (χ4v) is 5.51. The lowest BCUT2D eigenvalue weighted by Crippen LogP contribution is -2.53. The van der Waals surface area contributed by atoms with Crippen molar-refractivity contribution in [2.24, 2.45) is 0 Å². The fraction of sp³-hybridized carbons (Fsp3) is 0.481. The molecular formula is C27H36ClN3O5S. The third kappa shape index (κ3) is 7.85. The van der Waals surface area contributed by atoms with E-state index < -0.39 is 28.5 Å². The number of halogens is 1. The molecule has 8 nitrogen and oxygen atoms in total. The van der Waals surface area contributed by atoms with Gasteiger partial charge in [-0.25, -0.2) is 8.42 Å². The number of carbonyl (C=O) groups excluding carboxylic acids is 2. The van der Waals surface area contributed by atoms with Crippen LogP contribution in [0.3, 0.4) is 0 Å². The van der Waals surface area contributed by atoms with Gasteiger partial charge in [-0.3, -0.25) is 13.9 Å². The maximum absolute atomic E-state index is 13.7. The maximum atomic E-state index is 13.7. The Morgan fingerprint density at radius 3 is 2.35 bits per heavy atom. The molecule has 0 spiro atoms. The number of hydrogen-bond donors (Lipinski definition) is 1. The van der Waals surface area contributed by atoms with Crippen LogP contribution in [0.25, 0.3) is 0 Å². The molecule has 0 saturated heterocycles. The summed E-state index contributed by atoms with van der Waals surface area (Å²) in [6.45, 7) is 3.29. The van der Waals surface area contributed by atoms with Crippen molar-refractivity contribution in [1.29, 1.82) is 0 Å². The Morgan fingerprint density at radius 1 is 1.11 bits per heavy atom. The van der Waals surface area contributed by atoms with Gasteiger partial charge in [0.1, 0.15) is 18.3 Å². The quantitative estimate of drug-likeness (QED) is 0.477. The van der Waals surface area contributed by atoms with Gasteiger partial charge in [0.05, 0.1) is 19.1 Å². The summed E-state index contributed by atoms with van der Waals surface area (Å²) in [5, 5.41) is 3.39. The number of nitrogens with one attached hydrogen (secondary N) is 1. The van der Waals surface area contributed by atoms with Crippen LogP contribution in [-0.2, 0) is 26.2 Å². The number of aryl methyl sites for hydroxylation is 1. The third-order valence-electron chi connectivity index (χ3n) is 6.68. The fourth-order valence-electron chi connectivity index (χ4n) is 4.49. The van der Waals surface area contributed by atoms with Crippen LogP contribution in [0.1, 0.15) is 50.2 Å². The molecule has 202 valence electrons. The molecule has 2 aromatic carbocycles. The molecule has 0 unspecified atom stereocenters. The van der Waals surface area contributed by atoms with Gasteiger partial charge in [-0.15, -0.1) is 0 Å². The molecule has 3 rings (SSSR count). The Bertz CT molecular complexity index is 1200. The van der Waals surface area contributed by atoms with Crippen LogP contribution in [0.5, 0.6) is 5.75 Å². The molecule has 10 heteroatoms. The van der Waals surface area contributed by atoms with E-state index in [1.807, 2.05) is 31.2 Å². The lowest BCUT2D eigenvalue weighted by atomic mass is 9.95. The van der Waals surface area contributed by atoms with Gasteiger partial charge >= 0.3 is 0 Å². The van der Waals surface area contributed by atoms with Crippen molar-refractivity contribution in [2.45, 2.75) is 64.6 Å². The number of sulfonamides is 1. The topological polar surface area (TPSA) is 96.0 Å². The molecule has 1 aliphatic rings. The van der Waals surface area contributed by atoms with E-state index in [2.05, 4.69) is 5.32 Å². The Balaban J connectivity index is 1.91. The first-order valence-corrected chi connectivity index (χ1v) is 14.7. The minimum absolute atomic E-state index is 0.0864. The van der Waals surface area contributed by atoms with Crippen molar-refractivity contribution < 1.29 is 22.7 Å². The van der Waals surface area contributed by atoms with Crippen LogP contribution < -0.4 is 14.4 Å². The summed E-state index contributed by atoms with van der Waals surface area (Å²) in [5.74, 6) is -0.506. The van der Waals surface area contributed by atoms with E-state index in [-0.39, 0.29) is 29.9 Å². The van der Waals surface area contributed by atoms with Crippen LogP contribution in [0, 0.1) is 6.92 Å². The molecule has 1 aliphatic carbocycles. The van der Waals surface area contributed by atoms with E-state index in [1.54, 1.807) is 19.1 Å². The summed E-state index contributed by atoms with van der Waals surface area (Å²) in [6, 6.07) is 11.5. The largest absolute Gasteiger partial charge is 0.495 e. The SMILES string of the molecule is COc1ccc(Cl)cc1N(CC(=O)N(Cc1ccc(C)cc1)[C@@H](C)C(=O)NC1CCCCC1)S(C)(=O)=O. The molecule has 2 amide bonds. The minimum atomic E-state index is -3.90. The zero-order valence-electron chi connectivity index (χ0n) is 21.9. The van der Waals surface area contributed by atoms with Gasteiger partial charge in [0.15, 0.2) is 0 Å². The van der Waals surface area contributed by atoms with Gasteiger partial charge in [-0.2, -0.15) is 0 Å². The number of anilines is 1. The number of rotatable bonds is 10. The number of hydrogen-bond acceptors (Lipinski definition) is 5. The smallest absolute Gasteiger partial charge is 0.244 e. The number of nitrogens with zero attached hydrogens (tertiary/aromatic N) is 2. The second-order valence-electron chi connectivity index (χ2n) is 9.61. The number of carbonyl (C=O) groups is 2. The highest BCUT2D eigenvalue weighted by molar-refractivity contribution is 7.92. The number of benzene rings is 2. The molecule has 0 aromatic heterocycles. The monoisotopic (exact) mass is 549 g/mol. The van der Waals surface area contributed by atoms with Crippen molar-refractivity contribution in [2.75, 3.05) is 24.2 Å². The number of methoxy groups -OCH3 is 1. The summed E-state index contributed by atoms with van der Waals surface area (Å²) < 4.78 is 31.9. The molecule has 0 radical (unpaired) electrons. The van der Waals surface area contributed by atoms with Crippen LogP contribution in [0.15, 0.2) is 42.5 Å². The second-order valence-corrected chi connectivity index (χ2v) is 12.0. The Hall–Kier alpha value is -2.78. The van der Waals surface area contributed by atoms with Gasteiger partial charge in [-0.1, -0.05) is 60.7 Å². The standard InChI is InChI=1S/C27H36ClN3O5S/c1-19-10-12-21(13-11-19)17-30(20(2)27(33)29-23-8-6-5-7-9-23)26(32)18-31(37(4,34)35)24-16-22(28)14-15-25(24)36-3/h10-16,20,23H,5-9,17-18H2,1-4H3,(H,29,33)/t20-/m0/s1. The van der Waals surface area contributed by atoms with Gasteiger partial charge in [0.2, 0.25) is 21.8 Å². The first-order valence-electron chi connectivity index (χ1n) is 12.5. The van der Waals surface area contributed by atoms with Crippen LogP contribution >= 0.6 is 11.6 Å². The zero-order valence-corrected chi connectivity index (χ0v) is 23.4. The molecule has 37 heavy (non-hydrogen) atoms. The Morgan fingerprint density at radius 2 is 1.76 bits per heavy atom. The van der Waals surface area contributed by atoms with E-state index in [9.17, 15) is 18.0 Å². The molecule has 0 heterocycles. The molecule has 0 aliphatic heterocycles. The first-order chi connectivity index (χ1) is 17.5. The summed E-state index contributed by atoms with van der Waals surface area (Å²) in [5.41, 5.74) is 2.06. The first kappa shape index (κ1) is 28.8. The van der Waals surface area contributed by atoms with Crippen molar-refractivity contribution in [3.63, 3.8) is 0 Å². The predicted molar refractivity (Wildman–Crippen MR) is 146 cm³/mol. The maximum Gasteiger partial charge on any atom is 0.244 e. The number of amides is 2. The highest BCUT2D eigenvalue weighted by atomic mass is 35.5. The summed E-state index contributed by atoms with van der Waals surface area (Å²) >= 11 is 6.15. The molecule has 0 bridgehead atoms. The van der Waals surface area contributed by atoms with E-state index in [0.717, 1.165) is 53.8 Å². The summed E-state index contributed by atoms with van der Waals surface area (Å²) in [4.78, 5) is 28.4. The average molecular weight is 550 g/mol. The molecule has 2 aromatic rings. The second kappa shape index (κ2) is 12.6. The van der Waals surface area contributed by atoms with Crippen LogP contribution in [0.2, 0.25) is 5.02 Å². The zero-order chi connectivity index (χ0) is 27.2. The van der Waals surface area contributed by atoms with Gasteiger partial charge in [-0.05, 0) is 50.5 Å². The van der Waals surface area contributed by atoms with Crippen LogP contribution in [-0.4, -0.2) is 57.1 Å². The van der Waals surface area contributed by atoms with E-state index in [1.165, 1.54) is 18.1 Å². The summed E-state index contributed by atoms with van der Waals surface area (Å²) in [6.07, 6.45) is 6.15. The molecule has 1 N–H and O–H groups in total. The van der Waals surface area contributed by atoms with Crippen molar-refractivity contribution in [1.82, 2.24) is 10.2 Å². The van der Waals surface area contributed by atoms with Gasteiger partial charge in [0.25, 0.3) is 0 Å². The van der Waals surface area contributed by atoms with Crippen molar-refractivity contribution >= 4 is 39.1 Å².